The number of benzene rings is 1. The number of rotatable bonds is 3. The summed E-state index contributed by atoms with van der Waals surface area (Å²) >= 11 is 6.18. The van der Waals surface area contributed by atoms with Crippen molar-refractivity contribution in [1.82, 2.24) is 9.88 Å². The number of nitrogens with zero attached hydrogens (tertiary/aromatic N) is 3. The van der Waals surface area contributed by atoms with Gasteiger partial charge in [0, 0.05) is 28.6 Å². The molecule has 0 N–H and O–H groups in total. The van der Waals surface area contributed by atoms with Crippen molar-refractivity contribution in [2.24, 2.45) is 0 Å². The Bertz CT molecular complexity index is 798. The topological polar surface area (TPSA) is 36.4 Å². The van der Waals surface area contributed by atoms with Gasteiger partial charge in [0.25, 0.3) is 5.91 Å². The van der Waals surface area contributed by atoms with E-state index in [2.05, 4.69) is 9.88 Å². The molecule has 2 aromatic rings. The highest BCUT2D eigenvalue weighted by Crippen LogP contribution is 2.39. The summed E-state index contributed by atoms with van der Waals surface area (Å²) in [5.74, 6) is 0.0306. The molecule has 0 radical (unpaired) electrons. The van der Waals surface area contributed by atoms with Crippen LogP contribution < -0.4 is 4.90 Å². The van der Waals surface area contributed by atoms with Crippen LogP contribution in [0.25, 0.3) is 11.6 Å². The molecule has 0 saturated carbocycles. The smallest absolute Gasteiger partial charge is 0.260 e. The number of hydrogen-bond donors (Lipinski definition) is 0. The molecule has 3 heterocycles. The van der Waals surface area contributed by atoms with Gasteiger partial charge < -0.3 is 0 Å². The average molecular weight is 340 g/mol. The van der Waals surface area contributed by atoms with Gasteiger partial charge >= 0.3 is 0 Å². The van der Waals surface area contributed by atoms with Crippen molar-refractivity contribution in [2.75, 3.05) is 24.7 Å². The molecule has 122 valence electrons. The van der Waals surface area contributed by atoms with Gasteiger partial charge in [0.2, 0.25) is 0 Å². The minimum atomic E-state index is 0.0306. The fourth-order valence-corrected chi connectivity index (χ4v) is 3.52. The second kappa shape index (κ2) is 6.38. The van der Waals surface area contributed by atoms with Crippen molar-refractivity contribution in [1.29, 1.82) is 0 Å². The highest BCUT2D eigenvalue weighted by molar-refractivity contribution is 6.37. The van der Waals surface area contributed by atoms with E-state index >= 15 is 0 Å². The van der Waals surface area contributed by atoms with Crippen LogP contribution in [-0.2, 0) is 4.79 Å². The standard InChI is InChI=1S/C19H18ClN3O/c20-15-5-6-16-17(10-14-4-3-7-21-12-14)19(24)23(18(16)11-15)13-22-8-1-2-9-22/h3-7,10-12H,1-2,8-9,13H2. The van der Waals surface area contributed by atoms with E-state index < -0.39 is 0 Å². The van der Waals surface area contributed by atoms with Crippen LogP contribution in [0.5, 0.6) is 0 Å². The highest BCUT2D eigenvalue weighted by atomic mass is 35.5. The molecule has 0 unspecified atom stereocenters. The largest absolute Gasteiger partial charge is 0.294 e. The van der Waals surface area contributed by atoms with Crippen molar-refractivity contribution in [3.63, 3.8) is 0 Å². The number of pyridine rings is 1. The van der Waals surface area contributed by atoms with Gasteiger partial charge in [-0.15, -0.1) is 0 Å². The summed E-state index contributed by atoms with van der Waals surface area (Å²) in [6, 6.07) is 9.48. The average Bonchev–Trinajstić information content (AvgIpc) is 3.19. The van der Waals surface area contributed by atoms with E-state index in [0.29, 0.717) is 17.3 Å². The SMILES string of the molecule is O=C1C(=Cc2cccnc2)c2ccc(Cl)cc2N1CN1CCCC1. The zero-order chi connectivity index (χ0) is 16.5. The molecule has 1 saturated heterocycles. The lowest BCUT2D eigenvalue weighted by Gasteiger charge is -2.24. The van der Waals surface area contributed by atoms with Gasteiger partial charge in [-0.3, -0.25) is 19.6 Å². The van der Waals surface area contributed by atoms with Crippen molar-refractivity contribution in [2.45, 2.75) is 12.8 Å². The fraction of sp³-hybridized carbons (Fsp3) is 0.263. The van der Waals surface area contributed by atoms with Crippen molar-refractivity contribution in [3.05, 3.63) is 58.9 Å². The summed E-state index contributed by atoms with van der Waals surface area (Å²) in [6.07, 6.45) is 7.79. The molecule has 0 aliphatic carbocycles. The van der Waals surface area contributed by atoms with Crippen molar-refractivity contribution in [3.8, 4) is 0 Å². The summed E-state index contributed by atoms with van der Waals surface area (Å²) in [5, 5.41) is 0.649. The Hall–Kier alpha value is -2.17. The molecule has 4 rings (SSSR count). The quantitative estimate of drug-likeness (QED) is 0.800. The number of anilines is 1. The van der Waals surface area contributed by atoms with E-state index in [9.17, 15) is 4.79 Å². The Labute approximate surface area is 146 Å². The summed E-state index contributed by atoms with van der Waals surface area (Å²) in [5.41, 5.74) is 3.46. The van der Waals surface area contributed by atoms with Gasteiger partial charge in [-0.05, 0) is 55.8 Å². The molecule has 0 bridgehead atoms. The number of carbonyl (C=O) groups excluding carboxylic acids is 1. The minimum absolute atomic E-state index is 0.0306. The van der Waals surface area contributed by atoms with Crippen LogP contribution in [0.4, 0.5) is 5.69 Å². The van der Waals surface area contributed by atoms with Crippen LogP contribution in [0, 0.1) is 0 Å². The first kappa shape index (κ1) is 15.4. The van der Waals surface area contributed by atoms with Crippen LogP contribution in [-0.4, -0.2) is 35.5 Å². The number of hydrogen-bond acceptors (Lipinski definition) is 3. The third kappa shape index (κ3) is 2.83. The number of aromatic nitrogens is 1. The van der Waals surface area contributed by atoms with Crippen LogP contribution in [0.2, 0.25) is 5.02 Å². The predicted molar refractivity (Wildman–Crippen MR) is 96.7 cm³/mol. The van der Waals surface area contributed by atoms with Gasteiger partial charge in [0.05, 0.1) is 12.4 Å². The Kier molecular flexibility index (Phi) is 4.08. The molecule has 1 fully saturated rings. The number of halogens is 1. The Morgan fingerprint density at radius 1 is 1.21 bits per heavy atom. The molecule has 0 atom stereocenters. The molecule has 2 aliphatic rings. The molecule has 5 heteroatoms. The molecule has 1 aromatic carbocycles. The molecule has 1 aromatic heterocycles. The minimum Gasteiger partial charge on any atom is -0.294 e. The van der Waals surface area contributed by atoms with Crippen molar-refractivity contribution < 1.29 is 4.79 Å². The van der Waals surface area contributed by atoms with Gasteiger partial charge in [0.1, 0.15) is 0 Å². The first-order valence-corrected chi connectivity index (χ1v) is 8.56. The lowest BCUT2D eigenvalue weighted by Crippen LogP contribution is -2.38. The van der Waals surface area contributed by atoms with Gasteiger partial charge in [-0.25, -0.2) is 0 Å². The molecular formula is C19H18ClN3O. The van der Waals surface area contributed by atoms with Crippen LogP contribution in [0.3, 0.4) is 0 Å². The molecule has 2 aliphatic heterocycles. The molecular weight excluding hydrogens is 322 g/mol. The van der Waals surface area contributed by atoms with E-state index in [1.165, 1.54) is 12.8 Å². The van der Waals surface area contributed by atoms with E-state index in [-0.39, 0.29) is 5.91 Å². The number of fused-ring (bicyclic) bond motifs is 1. The normalized spacial score (nSPS) is 19.3. The lowest BCUT2D eigenvalue weighted by atomic mass is 10.1. The van der Waals surface area contributed by atoms with E-state index in [0.717, 1.165) is 29.9 Å². The maximum atomic E-state index is 13.0. The van der Waals surface area contributed by atoms with E-state index in [4.69, 9.17) is 11.6 Å². The summed E-state index contributed by atoms with van der Waals surface area (Å²) in [6.45, 7) is 2.71. The van der Waals surface area contributed by atoms with Crippen molar-refractivity contribution >= 4 is 34.8 Å². The van der Waals surface area contributed by atoms with E-state index in [1.807, 2.05) is 41.3 Å². The highest BCUT2D eigenvalue weighted by Gasteiger charge is 2.33. The van der Waals surface area contributed by atoms with Crippen LogP contribution >= 0.6 is 11.6 Å². The molecule has 1 amide bonds. The lowest BCUT2D eigenvalue weighted by molar-refractivity contribution is -0.113. The summed E-state index contributed by atoms with van der Waals surface area (Å²) in [7, 11) is 0. The number of amides is 1. The molecule has 0 spiro atoms. The maximum Gasteiger partial charge on any atom is 0.260 e. The second-order valence-electron chi connectivity index (χ2n) is 6.21. The Balaban J connectivity index is 1.74. The zero-order valence-corrected chi connectivity index (χ0v) is 14.0. The summed E-state index contributed by atoms with van der Waals surface area (Å²) in [4.78, 5) is 21.3. The zero-order valence-electron chi connectivity index (χ0n) is 13.3. The monoisotopic (exact) mass is 339 g/mol. The second-order valence-corrected chi connectivity index (χ2v) is 6.64. The number of likely N-dealkylation sites (tertiary alicyclic amines) is 1. The Morgan fingerprint density at radius 3 is 2.79 bits per heavy atom. The van der Waals surface area contributed by atoms with Crippen LogP contribution in [0.15, 0.2) is 42.7 Å². The van der Waals surface area contributed by atoms with Crippen LogP contribution in [0.1, 0.15) is 24.0 Å². The van der Waals surface area contributed by atoms with E-state index in [1.54, 1.807) is 12.4 Å². The maximum absolute atomic E-state index is 13.0. The molecule has 24 heavy (non-hydrogen) atoms. The summed E-state index contributed by atoms with van der Waals surface area (Å²) < 4.78 is 0. The first-order chi connectivity index (χ1) is 11.7. The predicted octanol–water partition coefficient (Wildman–Crippen LogP) is 3.68. The third-order valence-electron chi connectivity index (χ3n) is 4.55. The third-order valence-corrected chi connectivity index (χ3v) is 4.79. The van der Waals surface area contributed by atoms with Gasteiger partial charge in [-0.2, -0.15) is 0 Å². The molecule has 4 nitrogen and oxygen atoms in total. The Morgan fingerprint density at radius 2 is 2.04 bits per heavy atom. The fourth-order valence-electron chi connectivity index (χ4n) is 3.36. The van der Waals surface area contributed by atoms with Gasteiger partial charge in [0.15, 0.2) is 0 Å². The first-order valence-electron chi connectivity index (χ1n) is 8.18. The van der Waals surface area contributed by atoms with Gasteiger partial charge in [-0.1, -0.05) is 23.7 Å². The number of carbonyl (C=O) groups is 1.